The van der Waals surface area contributed by atoms with Crippen molar-refractivity contribution in [2.75, 3.05) is 5.32 Å². The Kier molecular flexibility index (Phi) is 5.13. The van der Waals surface area contributed by atoms with Crippen LogP contribution < -0.4 is 10.6 Å². The Morgan fingerprint density at radius 3 is 2.47 bits per heavy atom. The lowest BCUT2D eigenvalue weighted by molar-refractivity contribution is -0.145. The minimum absolute atomic E-state index is 0.365. The molecule has 0 aliphatic heterocycles. The van der Waals surface area contributed by atoms with Crippen LogP contribution in [0.5, 0.6) is 0 Å². The maximum atomic E-state index is 11.5. The molecule has 0 heterocycles. The summed E-state index contributed by atoms with van der Waals surface area (Å²) in [5.74, 6) is -2.75. The number of halogens is 1. The topological polar surface area (TPSA) is 116 Å². The molecule has 0 aliphatic rings. The van der Waals surface area contributed by atoms with Crippen LogP contribution in [-0.2, 0) is 9.59 Å². The first kappa shape index (κ1) is 14.8. The number of carboxylic acid groups (broad SMARTS) is 2. The van der Waals surface area contributed by atoms with Crippen LogP contribution in [0.2, 0.25) is 5.02 Å². The number of nitrogens with one attached hydrogen (secondary N) is 2. The lowest BCUT2D eigenvalue weighted by Crippen LogP contribution is -2.44. The number of amides is 2. The van der Waals surface area contributed by atoms with Gasteiger partial charge in [-0.3, -0.25) is 4.79 Å². The fourth-order valence-electron chi connectivity index (χ4n) is 1.27. The minimum Gasteiger partial charge on any atom is -0.481 e. The first-order valence-electron chi connectivity index (χ1n) is 5.16. The Morgan fingerprint density at radius 2 is 1.95 bits per heavy atom. The molecule has 1 aromatic carbocycles. The highest BCUT2D eigenvalue weighted by Crippen LogP contribution is 2.14. The Bertz CT molecular complexity index is 506. The Balaban J connectivity index is 2.62. The van der Waals surface area contributed by atoms with Gasteiger partial charge >= 0.3 is 18.0 Å². The zero-order valence-electron chi connectivity index (χ0n) is 9.59. The van der Waals surface area contributed by atoms with Crippen LogP contribution in [0.25, 0.3) is 0 Å². The molecule has 2 amide bonds. The molecule has 1 atom stereocenters. The van der Waals surface area contributed by atoms with Gasteiger partial charge in [0.2, 0.25) is 0 Å². The van der Waals surface area contributed by atoms with Crippen molar-refractivity contribution in [2.24, 2.45) is 0 Å². The number of hydrogen-bond acceptors (Lipinski definition) is 3. The van der Waals surface area contributed by atoms with Gasteiger partial charge < -0.3 is 20.8 Å². The summed E-state index contributed by atoms with van der Waals surface area (Å²) in [4.78, 5) is 32.7. The molecule has 0 fully saturated rings. The van der Waals surface area contributed by atoms with Crippen molar-refractivity contribution in [3.63, 3.8) is 0 Å². The molecule has 7 nitrogen and oxygen atoms in total. The number of aliphatic carboxylic acids is 2. The summed E-state index contributed by atoms with van der Waals surface area (Å²) in [6.07, 6.45) is -0.710. The normalized spacial score (nSPS) is 11.4. The highest BCUT2D eigenvalue weighted by atomic mass is 35.5. The van der Waals surface area contributed by atoms with Crippen LogP contribution in [0, 0.1) is 0 Å². The van der Waals surface area contributed by atoms with Crippen molar-refractivity contribution >= 4 is 35.3 Å². The van der Waals surface area contributed by atoms with Crippen molar-refractivity contribution in [1.82, 2.24) is 5.32 Å². The van der Waals surface area contributed by atoms with Crippen LogP contribution >= 0.6 is 11.6 Å². The van der Waals surface area contributed by atoms with Gasteiger partial charge in [0.1, 0.15) is 6.04 Å². The number of anilines is 1. The Morgan fingerprint density at radius 1 is 1.26 bits per heavy atom. The van der Waals surface area contributed by atoms with Crippen molar-refractivity contribution in [2.45, 2.75) is 12.5 Å². The predicted molar refractivity (Wildman–Crippen MR) is 67.3 cm³/mol. The van der Waals surface area contributed by atoms with Crippen molar-refractivity contribution < 1.29 is 24.6 Å². The molecular weight excluding hydrogens is 276 g/mol. The number of carboxylic acids is 2. The number of rotatable bonds is 5. The molecule has 0 unspecified atom stereocenters. The molecule has 0 saturated heterocycles. The molecular formula is C11H11ClN2O5. The Hall–Kier alpha value is -2.28. The van der Waals surface area contributed by atoms with E-state index in [-0.39, 0.29) is 0 Å². The van der Waals surface area contributed by atoms with Gasteiger partial charge in [-0.15, -0.1) is 0 Å². The zero-order valence-corrected chi connectivity index (χ0v) is 10.3. The van der Waals surface area contributed by atoms with E-state index >= 15 is 0 Å². The van der Waals surface area contributed by atoms with Crippen LogP contribution in [-0.4, -0.2) is 34.2 Å². The van der Waals surface area contributed by atoms with Crippen molar-refractivity contribution in [3.05, 3.63) is 29.3 Å². The van der Waals surface area contributed by atoms with E-state index in [1.165, 1.54) is 6.07 Å². The second-order valence-corrected chi connectivity index (χ2v) is 4.03. The van der Waals surface area contributed by atoms with E-state index in [1.807, 2.05) is 5.32 Å². The monoisotopic (exact) mass is 286 g/mol. The summed E-state index contributed by atoms with van der Waals surface area (Å²) in [7, 11) is 0. The second kappa shape index (κ2) is 6.60. The largest absolute Gasteiger partial charge is 0.481 e. The second-order valence-electron chi connectivity index (χ2n) is 3.60. The van der Waals surface area contributed by atoms with Gasteiger partial charge in [-0.25, -0.2) is 9.59 Å². The fourth-order valence-corrected chi connectivity index (χ4v) is 1.46. The highest BCUT2D eigenvalue weighted by molar-refractivity contribution is 6.30. The van der Waals surface area contributed by atoms with E-state index < -0.39 is 30.4 Å². The van der Waals surface area contributed by atoms with E-state index in [4.69, 9.17) is 21.8 Å². The van der Waals surface area contributed by atoms with Crippen LogP contribution in [0.3, 0.4) is 0 Å². The van der Waals surface area contributed by atoms with Crippen molar-refractivity contribution in [1.29, 1.82) is 0 Å². The number of benzene rings is 1. The third-order valence-electron chi connectivity index (χ3n) is 2.06. The molecule has 0 saturated carbocycles. The number of urea groups is 1. The van der Waals surface area contributed by atoms with Gasteiger partial charge in [0.25, 0.3) is 0 Å². The first-order valence-corrected chi connectivity index (χ1v) is 5.54. The van der Waals surface area contributed by atoms with Gasteiger partial charge in [0, 0.05) is 10.7 Å². The predicted octanol–water partition coefficient (Wildman–Crippen LogP) is 1.39. The molecule has 0 radical (unpaired) electrons. The molecule has 1 aromatic rings. The summed E-state index contributed by atoms with van der Waals surface area (Å²) < 4.78 is 0. The van der Waals surface area contributed by atoms with E-state index in [0.717, 1.165) is 0 Å². The van der Waals surface area contributed by atoms with E-state index in [0.29, 0.717) is 10.7 Å². The van der Waals surface area contributed by atoms with Crippen LogP contribution in [0.15, 0.2) is 24.3 Å². The lowest BCUT2D eigenvalue weighted by atomic mass is 10.2. The zero-order chi connectivity index (χ0) is 14.4. The molecule has 19 heavy (non-hydrogen) atoms. The van der Waals surface area contributed by atoms with E-state index in [9.17, 15) is 14.4 Å². The average molecular weight is 287 g/mol. The molecule has 0 aromatic heterocycles. The molecule has 4 N–H and O–H groups in total. The molecule has 1 rings (SSSR count). The average Bonchev–Trinajstić information content (AvgIpc) is 2.27. The minimum atomic E-state index is -1.50. The quantitative estimate of drug-likeness (QED) is 0.653. The Labute approximate surface area is 113 Å². The van der Waals surface area contributed by atoms with Gasteiger partial charge in [-0.1, -0.05) is 17.7 Å². The fraction of sp³-hybridized carbons (Fsp3) is 0.182. The molecule has 102 valence electrons. The summed E-state index contributed by atoms with van der Waals surface area (Å²) in [6.45, 7) is 0. The smallest absolute Gasteiger partial charge is 0.326 e. The maximum absolute atomic E-state index is 11.5. The van der Waals surface area contributed by atoms with Crippen molar-refractivity contribution in [3.8, 4) is 0 Å². The van der Waals surface area contributed by atoms with Gasteiger partial charge in [-0.05, 0) is 18.2 Å². The molecule has 0 spiro atoms. The van der Waals surface area contributed by atoms with Gasteiger partial charge in [0.05, 0.1) is 6.42 Å². The van der Waals surface area contributed by atoms with E-state index in [2.05, 4.69) is 5.32 Å². The van der Waals surface area contributed by atoms with Gasteiger partial charge in [0.15, 0.2) is 0 Å². The summed E-state index contributed by atoms with van der Waals surface area (Å²) >= 11 is 5.71. The third-order valence-corrected chi connectivity index (χ3v) is 2.30. The van der Waals surface area contributed by atoms with E-state index in [1.54, 1.807) is 18.2 Å². The summed E-state index contributed by atoms with van der Waals surface area (Å²) in [5.41, 5.74) is 0.365. The highest BCUT2D eigenvalue weighted by Gasteiger charge is 2.22. The lowest BCUT2D eigenvalue weighted by Gasteiger charge is -2.13. The third kappa shape index (κ3) is 5.26. The molecule has 0 bridgehead atoms. The number of carbonyl (C=O) groups is 3. The number of hydrogen-bond donors (Lipinski definition) is 4. The van der Waals surface area contributed by atoms with Crippen LogP contribution in [0.4, 0.5) is 10.5 Å². The standard InChI is InChI=1S/C11H11ClN2O5/c12-6-2-1-3-7(4-6)13-11(19)14-8(10(17)18)5-9(15)16/h1-4,8H,5H2,(H,15,16)(H,17,18)(H2,13,14,19)/t8-/m1/s1. The summed E-state index contributed by atoms with van der Waals surface area (Å²) in [6, 6.07) is 3.90. The number of carbonyl (C=O) groups excluding carboxylic acids is 1. The first-order chi connectivity index (χ1) is 8.88. The molecule has 8 heteroatoms. The summed E-state index contributed by atoms with van der Waals surface area (Å²) in [5, 5.41) is 22.1. The molecule has 0 aliphatic carbocycles. The van der Waals surface area contributed by atoms with Crippen LogP contribution in [0.1, 0.15) is 6.42 Å². The SMILES string of the molecule is O=C(O)C[C@@H](NC(=O)Nc1cccc(Cl)c1)C(=O)O. The maximum Gasteiger partial charge on any atom is 0.326 e. The van der Waals surface area contributed by atoms with Gasteiger partial charge in [-0.2, -0.15) is 0 Å².